The molecular weight excluding hydrogens is 326 g/mol. The molecule has 1 aliphatic rings. The maximum absolute atomic E-state index is 13.8. The van der Waals surface area contributed by atoms with Crippen LogP contribution in [-0.2, 0) is 0 Å². The molecule has 25 heavy (non-hydrogen) atoms. The number of likely N-dealkylation sites (tertiary alicyclic amines) is 1. The van der Waals surface area contributed by atoms with Gasteiger partial charge in [0.05, 0.1) is 16.8 Å². The van der Waals surface area contributed by atoms with Gasteiger partial charge in [0, 0.05) is 13.1 Å². The number of benzene rings is 2. The number of carbonyl (C=O) groups is 2. The van der Waals surface area contributed by atoms with Gasteiger partial charge in [-0.15, -0.1) is 0 Å². The Morgan fingerprint density at radius 2 is 1.64 bits per heavy atom. The summed E-state index contributed by atoms with van der Waals surface area (Å²) in [6.45, 7) is 1.36. The van der Waals surface area contributed by atoms with Crippen LogP contribution in [0.5, 0.6) is 0 Å². The lowest BCUT2D eigenvalue weighted by Gasteiger charge is -2.27. The van der Waals surface area contributed by atoms with E-state index in [0.29, 0.717) is 18.7 Å². The number of anilines is 1. The minimum atomic E-state index is -0.821. The monoisotopic (exact) mass is 344 g/mol. The molecule has 130 valence electrons. The molecule has 0 atom stereocenters. The fraction of sp³-hybridized carbons (Fsp3) is 0.263. The van der Waals surface area contributed by atoms with Crippen molar-refractivity contribution in [3.63, 3.8) is 0 Å². The van der Waals surface area contributed by atoms with Crippen molar-refractivity contribution in [1.82, 2.24) is 4.90 Å². The average molecular weight is 344 g/mol. The molecular formula is C19H18F2N2O2. The molecule has 1 fully saturated rings. The molecule has 6 heteroatoms. The summed E-state index contributed by atoms with van der Waals surface area (Å²) < 4.78 is 27.1. The Labute approximate surface area is 144 Å². The fourth-order valence-corrected chi connectivity index (χ4v) is 2.91. The van der Waals surface area contributed by atoms with Gasteiger partial charge in [0.15, 0.2) is 0 Å². The van der Waals surface area contributed by atoms with Gasteiger partial charge >= 0.3 is 0 Å². The molecule has 4 nitrogen and oxygen atoms in total. The zero-order chi connectivity index (χ0) is 17.8. The Morgan fingerprint density at radius 3 is 2.40 bits per heavy atom. The molecule has 0 bridgehead atoms. The van der Waals surface area contributed by atoms with Crippen LogP contribution in [0.25, 0.3) is 0 Å². The Bertz CT molecular complexity index is 802. The first-order chi connectivity index (χ1) is 12.1. The van der Waals surface area contributed by atoms with Crippen LogP contribution in [-0.4, -0.2) is 29.8 Å². The van der Waals surface area contributed by atoms with Crippen molar-refractivity contribution in [2.45, 2.75) is 19.3 Å². The number of amides is 2. The molecule has 0 unspecified atom stereocenters. The number of halogens is 2. The molecule has 0 spiro atoms. The van der Waals surface area contributed by atoms with E-state index in [9.17, 15) is 18.4 Å². The maximum Gasteiger partial charge on any atom is 0.258 e. The molecule has 2 aromatic carbocycles. The van der Waals surface area contributed by atoms with Crippen LogP contribution >= 0.6 is 0 Å². The summed E-state index contributed by atoms with van der Waals surface area (Å²) in [6, 6.07) is 9.25. The van der Waals surface area contributed by atoms with E-state index in [1.807, 2.05) is 0 Å². The molecule has 3 rings (SSSR count). The topological polar surface area (TPSA) is 49.4 Å². The Kier molecular flexibility index (Phi) is 5.07. The van der Waals surface area contributed by atoms with Crippen LogP contribution in [0.1, 0.15) is 40.0 Å². The van der Waals surface area contributed by atoms with Crippen LogP contribution in [0.2, 0.25) is 0 Å². The summed E-state index contributed by atoms with van der Waals surface area (Å²) in [4.78, 5) is 26.7. The van der Waals surface area contributed by atoms with Gasteiger partial charge in [-0.2, -0.15) is 0 Å². The second-order valence-electron chi connectivity index (χ2n) is 5.98. The van der Waals surface area contributed by atoms with Gasteiger partial charge in [-0.05, 0) is 49.6 Å². The summed E-state index contributed by atoms with van der Waals surface area (Å²) in [5.74, 6) is -2.49. The first-order valence-electron chi connectivity index (χ1n) is 8.21. The van der Waals surface area contributed by atoms with E-state index in [-0.39, 0.29) is 11.6 Å². The third kappa shape index (κ3) is 3.84. The highest BCUT2D eigenvalue weighted by molar-refractivity contribution is 6.09. The highest BCUT2D eigenvalue weighted by Crippen LogP contribution is 2.21. The predicted octanol–water partition coefficient (Wildman–Crippen LogP) is 3.84. The zero-order valence-corrected chi connectivity index (χ0v) is 13.6. The van der Waals surface area contributed by atoms with Gasteiger partial charge in [0.2, 0.25) is 0 Å². The lowest BCUT2D eigenvalue weighted by Crippen LogP contribution is -2.36. The van der Waals surface area contributed by atoms with Crippen LogP contribution in [0.3, 0.4) is 0 Å². The van der Waals surface area contributed by atoms with Gasteiger partial charge in [-0.3, -0.25) is 9.59 Å². The quantitative estimate of drug-likeness (QED) is 0.920. The number of para-hydroxylation sites is 1. The minimum Gasteiger partial charge on any atom is -0.339 e. The van der Waals surface area contributed by atoms with Crippen LogP contribution in [0.15, 0.2) is 42.5 Å². The Morgan fingerprint density at radius 1 is 0.920 bits per heavy atom. The molecule has 0 aromatic heterocycles. The molecule has 2 aromatic rings. The number of hydrogen-bond acceptors (Lipinski definition) is 2. The van der Waals surface area contributed by atoms with Gasteiger partial charge in [0.25, 0.3) is 11.8 Å². The lowest BCUT2D eigenvalue weighted by molar-refractivity contribution is 0.0725. The second kappa shape index (κ2) is 7.42. The van der Waals surface area contributed by atoms with E-state index < -0.39 is 23.1 Å². The number of piperidine rings is 1. The lowest BCUT2D eigenvalue weighted by atomic mass is 10.1. The van der Waals surface area contributed by atoms with Crippen LogP contribution in [0, 0.1) is 11.6 Å². The standard InChI is InChI=1S/C19H18F2N2O2/c20-13-8-9-16(21)15(12-13)18(24)22-17-7-3-2-6-14(17)19(25)23-10-4-1-5-11-23/h2-3,6-9,12H,1,4-5,10-11H2,(H,22,24). The third-order valence-electron chi connectivity index (χ3n) is 4.22. The van der Waals surface area contributed by atoms with Crippen molar-refractivity contribution in [1.29, 1.82) is 0 Å². The summed E-state index contributed by atoms with van der Waals surface area (Å²) in [7, 11) is 0. The molecule has 0 saturated carbocycles. The SMILES string of the molecule is O=C(Nc1ccccc1C(=O)N1CCCCC1)c1cc(F)ccc1F. The van der Waals surface area contributed by atoms with E-state index >= 15 is 0 Å². The summed E-state index contributed by atoms with van der Waals surface area (Å²) in [5, 5.41) is 2.52. The Hall–Kier alpha value is -2.76. The van der Waals surface area contributed by atoms with Crippen LogP contribution < -0.4 is 5.32 Å². The van der Waals surface area contributed by atoms with E-state index in [1.54, 1.807) is 29.2 Å². The maximum atomic E-state index is 13.8. The molecule has 0 radical (unpaired) electrons. The fourth-order valence-electron chi connectivity index (χ4n) is 2.91. The van der Waals surface area contributed by atoms with Crippen LogP contribution in [0.4, 0.5) is 14.5 Å². The zero-order valence-electron chi connectivity index (χ0n) is 13.6. The largest absolute Gasteiger partial charge is 0.339 e. The van der Waals surface area contributed by atoms with E-state index in [2.05, 4.69) is 5.32 Å². The normalized spacial score (nSPS) is 14.2. The average Bonchev–Trinajstić information content (AvgIpc) is 2.64. The molecule has 1 aliphatic heterocycles. The van der Waals surface area contributed by atoms with Gasteiger partial charge in [-0.1, -0.05) is 12.1 Å². The third-order valence-corrected chi connectivity index (χ3v) is 4.22. The van der Waals surface area contributed by atoms with E-state index in [1.165, 1.54) is 0 Å². The number of rotatable bonds is 3. The second-order valence-corrected chi connectivity index (χ2v) is 5.98. The van der Waals surface area contributed by atoms with Crippen molar-refractivity contribution in [3.05, 3.63) is 65.2 Å². The first-order valence-corrected chi connectivity index (χ1v) is 8.21. The van der Waals surface area contributed by atoms with Crippen molar-refractivity contribution in [2.75, 3.05) is 18.4 Å². The van der Waals surface area contributed by atoms with Crippen molar-refractivity contribution < 1.29 is 18.4 Å². The molecule has 1 saturated heterocycles. The first kappa shape index (κ1) is 17.1. The van der Waals surface area contributed by atoms with Gasteiger partial charge in [-0.25, -0.2) is 8.78 Å². The summed E-state index contributed by atoms with van der Waals surface area (Å²) in [5.41, 5.74) is 0.224. The molecule has 1 heterocycles. The summed E-state index contributed by atoms with van der Waals surface area (Å²) in [6.07, 6.45) is 3.00. The van der Waals surface area contributed by atoms with Crippen molar-refractivity contribution in [3.8, 4) is 0 Å². The molecule has 1 N–H and O–H groups in total. The smallest absolute Gasteiger partial charge is 0.258 e. The predicted molar refractivity (Wildman–Crippen MR) is 90.5 cm³/mol. The molecule has 0 aliphatic carbocycles. The molecule has 2 amide bonds. The highest BCUT2D eigenvalue weighted by atomic mass is 19.1. The van der Waals surface area contributed by atoms with Crippen molar-refractivity contribution in [2.24, 2.45) is 0 Å². The number of nitrogens with one attached hydrogen (secondary N) is 1. The minimum absolute atomic E-state index is 0.171. The number of carbonyl (C=O) groups excluding carboxylic acids is 2. The highest BCUT2D eigenvalue weighted by Gasteiger charge is 2.22. The Balaban J connectivity index is 1.84. The van der Waals surface area contributed by atoms with E-state index in [0.717, 1.165) is 37.5 Å². The van der Waals surface area contributed by atoms with Gasteiger partial charge in [0.1, 0.15) is 11.6 Å². The number of hydrogen-bond donors (Lipinski definition) is 1. The van der Waals surface area contributed by atoms with Crippen molar-refractivity contribution >= 4 is 17.5 Å². The number of nitrogens with zero attached hydrogens (tertiary/aromatic N) is 1. The van der Waals surface area contributed by atoms with E-state index in [4.69, 9.17) is 0 Å². The summed E-state index contributed by atoms with van der Waals surface area (Å²) >= 11 is 0. The van der Waals surface area contributed by atoms with Gasteiger partial charge < -0.3 is 10.2 Å².